The Labute approximate surface area is 102 Å². The van der Waals surface area contributed by atoms with E-state index < -0.39 is 0 Å². The van der Waals surface area contributed by atoms with Crippen molar-refractivity contribution < 1.29 is 4.18 Å². The van der Waals surface area contributed by atoms with Crippen molar-refractivity contribution in [3.05, 3.63) is 42.5 Å². The lowest BCUT2D eigenvalue weighted by atomic mass is 10.2. The van der Waals surface area contributed by atoms with Crippen molar-refractivity contribution in [2.75, 3.05) is 6.61 Å². The SMILES string of the molecule is C=CCOSc1ccccc1CNC(C)C. The second-order valence-electron chi connectivity index (χ2n) is 3.80. The molecule has 0 bridgehead atoms. The Morgan fingerprint density at radius 3 is 2.88 bits per heavy atom. The molecule has 1 rings (SSSR count). The van der Waals surface area contributed by atoms with Gasteiger partial charge in [0, 0.05) is 29.5 Å². The second kappa shape index (κ2) is 7.49. The average Bonchev–Trinajstić information content (AvgIpc) is 2.28. The number of hydrogen-bond donors (Lipinski definition) is 1. The highest BCUT2D eigenvalue weighted by molar-refractivity contribution is 7.94. The molecule has 0 aromatic heterocycles. The first-order valence-corrected chi connectivity index (χ1v) is 6.20. The van der Waals surface area contributed by atoms with Crippen molar-refractivity contribution in [3.8, 4) is 0 Å². The molecule has 0 fully saturated rings. The molecule has 1 N–H and O–H groups in total. The van der Waals surface area contributed by atoms with E-state index >= 15 is 0 Å². The zero-order chi connectivity index (χ0) is 11.8. The minimum atomic E-state index is 0.493. The number of rotatable bonds is 7. The molecule has 16 heavy (non-hydrogen) atoms. The topological polar surface area (TPSA) is 21.3 Å². The predicted molar refractivity (Wildman–Crippen MR) is 70.4 cm³/mol. The van der Waals surface area contributed by atoms with Gasteiger partial charge in [-0.1, -0.05) is 38.1 Å². The van der Waals surface area contributed by atoms with Gasteiger partial charge >= 0.3 is 0 Å². The minimum Gasteiger partial charge on any atom is -0.310 e. The molecule has 0 saturated carbocycles. The number of benzene rings is 1. The minimum absolute atomic E-state index is 0.493. The summed E-state index contributed by atoms with van der Waals surface area (Å²) in [6.07, 6.45) is 1.75. The quantitative estimate of drug-likeness (QED) is 0.446. The lowest BCUT2D eigenvalue weighted by molar-refractivity contribution is 0.428. The molecular weight excluding hydrogens is 218 g/mol. The molecular formula is C13H19NOS. The van der Waals surface area contributed by atoms with E-state index in [1.165, 1.54) is 17.6 Å². The Morgan fingerprint density at radius 1 is 1.44 bits per heavy atom. The molecule has 0 saturated heterocycles. The van der Waals surface area contributed by atoms with E-state index in [0.717, 1.165) is 11.4 Å². The first-order valence-electron chi connectivity index (χ1n) is 5.45. The van der Waals surface area contributed by atoms with E-state index in [9.17, 15) is 0 Å². The van der Waals surface area contributed by atoms with Gasteiger partial charge in [-0.2, -0.15) is 0 Å². The van der Waals surface area contributed by atoms with Gasteiger partial charge in [-0.25, -0.2) is 0 Å². The summed E-state index contributed by atoms with van der Waals surface area (Å²) in [5.74, 6) is 0. The molecule has 0 atom stereocenters. The Morgan fingerprint density at radius 2 is 2.19 bits per heavy atom. The highest BCUT2D eigenvalue weighted by atomic mass is 32.2. The van der Waals surface area contributed by atoms with Crippen LogP contribution in [0.25, 0.3) is 0 Å². The molecule has 1 aromatic carbocycles. The van der Waals surface area contributed by atoms with Crippen LogP contribution in [0.1, 0.15) is 19.4 Å². The van der Waals surface area contributed by atoms with Crippen molar-refractivity contribution in [2.45, 2.75) is 31.3 Å². The first kappa shape index (κ1) is 13.3. The van der Waals surface area contributed by atoms with Gasteiger partial charge in [-0.05, 0) is 11.6 Å². The van der Waals surface area contributed by atoms with Crippen LogP contribution in [0.4, 0.5) is 0 Å². The van der Waals surface area contributed by atoms with Gasteiger partial charge in [0.2, 0.25) is 0 Å². The zero-order valence-corrected chi connectivity index (χ0v) is 10.7. The fourth-order valence-corrected chi connectivity index (χ4v) is 1.86. The summed E-state index contributed by atoms with van der Waals surface area (Å²) in [6, 6.07) is 8.76. The van der Waals surface area contributed by atoms with Crippen LogP contribution >= 0.6 is 12.0 Å². The number of nitrogens with one attached hydrogen (secondary N) is 1. The summed E-state index contributed by atoms with van der Waals surface area (Å²) in [7, 11) is 0. The maximum atomic E-state index is 5.39. The lowest BCUT2D eigenvalue weighted by Gasteiger charge is -2.11. The van der Waals surface area contributed by atoms with E-state index in [1.54, 1.807) is 6.08 Å². The number of hydrogen-bond acceptors (Lipinski definition) is 3. The van der Waals surface area contributed by atoms with Crippen LogP contribution in [0.15, 0.2) is 41.8 Å². The molecule has 0 aliphatic rings. The largest absolute Gasteiger partial charge is 0.310 e. The third kappa shape index (κ3) is 4.84. The van der Waals surface area contributed by atoms with Crippen LogP contribution in [0, 0.1) is 0 Å². The molecule has 0 aliphatic heterocycles. The summed E-state index contributed by atoms with van der Waals surface area (Å²) in [6.45, 7) is 9.35. The van der Waals surface area contributed by atoms with Crippen LogP contribution in [0.2, 0.25) is 0 Å². The van der Waals surface area contributed by atoms with Crippen molar-refractivity contribution in [1.82, 2.24) is 5.32 Å². The molecule has 0 radical (unpaired) electrons. The van der Waals surface area contributed by atoms with Crippen molar-refractivity contribution >= 4 is 12.0 Å². The third-order valence-electron chi connectivity index (χ3n) is 2.01. The summed E-state index contributed by atoms with van der Waals surface area (Å²) < 4.78 is 5.39. The molecule has 3 heteroatoms. The predicted octanol–water partition coefficient (Wildman–Crippen LogP) is 3.39. The van der Waals surface area contributed by atoms with Gasteiger partial charge in [0.1, 0.15) is 0 Å². The summed E-state index contributed by atoms with van der Waals surface area (Å²) >= 11 is 1.41. The van der Waals surface area contributed by atoms with Crippen molar-refractivity contribution in [1.29, 1.82) is 0 Å². The summed E-state index contributed by atoms with van der Waals surface area (Å²) in [4.78, 5) is 1.16. The maximum absolute atomic E-state index is 5.39. The Bertz CT molecular complexity index is 325. The third-order valence-corrected chi connectivity index (χ3v) is 2.84. The van der Waals surface area contributed by atoms with Crippen LogP contribution in [0.5, 0.6) is 0 Å². The maximum Gasteiger partial charge on any atom is 0.0797 e. The van der Waals surface area contributed by atoms with Gasteiger partial charge in [-0.3, -0.25) is 0 Å². The van der Waals surface area contributed by atoms with E-state index in [-0.39, 0.29) is 0 Å². The first-order chi connectivity index (χ1) is 7.74. The van der Waals surface area contributed by atoms with Gasteiger partial charge in [0.05, 0.1) is 6.61 Å². The highest BCUT2D eigenvalue weighted by Gasteiger charge is 2.03. The van der Waals surface area contributed by atoms with Gasteiger partial charge in [0.15, 0.2) is 0 Å². The summed E-state index contributed by atoms with van der Waals surface area (Å²) in [5.41, 5.74) is 1.27. The average molecular weight is 237 g/mol. The smallest absolute Gasteiger partial charge is 0.0797 e. The van der Waals surface area contributed by atoms with Crippen LogP contribution in [-0.2, 0) is 10.7 Å². The van der Waals surface area contributed by atoms with Crippen molar-refractivity contribution in [2.24, 2.45) is 0 Å². The molecule has 0 aliphatic carbocycles. The molecule has 0 amide bonds. The fourth-order valence-electron chi connectivity index (χ4n) is 1.19. The van der Waals surface area contributed by atoms with Gasteiger partial charge in [0.25, 0.3) is 0 Å². The lowest BCUT2D eigenvalue weighted by Crippen LogP contribution is -2.22. The highest BCUT2D eigenvalue weighted by Crippen LogP contribution is 2.23. The molecule has 88 valence electrons. The van der Waals surface area contributed by atoms with Crippen molar-refractivity contribution in [3.63, 3.8) is 0 Å². The van der Waals surface area contributed by atoms with Crippen LogP contribution < -0.4 is 5.32 Å². The summed E-state index contributed by atoms with van der Waals surface area (Å²) in [5, 5.41) is 3.40. The van der Waals surface area contributed by atoms with Gasteiger partial charge in [-0.15, -0.1) is 6.58 Å². The standard InChI is InChI=1S/C13H19NOS/c1-4-9-15-16-13-8-6-5-7-12(13)10-14-11(2)3/h4-8,11,14H,1,9-10H2,2-3H3. The molecule has 0 heterocycles. The fraction of sp³-hybridized carbons (Fsp3) is 0.385. The van der Waals surface area contributed by atoms with E-state index in [1.807, 2.05) is 6.07 Å². The van der Waals surface area contributed by atoms with E-state index in [4.69, 9.17) is 4.18 Å². The van der Waals surface area contributed by atoms with E-state index in [0.29, 0.717) is 12.6 Å². The molecule has 0 unspecified atom stereocenters. The molecule has 1 aromatic rings. The van der Waals surface area contributed by atoms with Crippen LogP contribution in [0.3, 0.4) is 0 Å². The van der Waals surface area contributed by atoms with E-state index in [2.05, 4.69) is 43.9 Å². The molecule has 2 nitrogen and oxygen atoms in total. The zero-order valence-electron chi connectivity index (χ0n) is 9.90. The Kier molecular flexibility index (Phi) is 6.23. The monoisotopic (exact) mass is 237 g/mol. The van der Waals surface area contributed by atoms with Gasteiger partial charge < -0.3 is 9.50 Å². The normalized spacial score (nSPS) is 10.7. The Balaban J connectivity index is 2.56. The molecule has 0 spiro atoms. The second-order valence-corrected chi connectivity index (χ2v) is 4.64. The van der Waals surface area contributed by atoms with Crippen LogP contribution in [-0.4, -0.2) is 12.6 Å². The Hall–Kier alpha value is -0.770.